The summed E-state index contributed by atoms with van der Waals surface area (Å²) in [5.74, 6) is 0. The van der Waals surface area contributed by atoms with Crippen molar-refractivity contribution in [3.8, 4) is 0 Å². The number of hydrogen-bond acceptors (Lipinski definition) is 5. The molecule has 0 amide bonds. The zero-order valence-electron chi connectivity index (χ0n) is 11.3. The zero-order valence-corrected chi connectivity index (χ0v) is 12.1. The van der Waals surface area contributed by atoms with Crippen LogP contribution in [-0.4, -0.2) is 19.2 Å². The topological polar surface area (TPSA) is 81.6 Å². The largest absolute Gasteiger partial charge is 0.744 e. The Morgan fingerprint density at radius 3 is 2.33 bits per heavy atom. The van der Waals surface area contributed by atoms with Crippen molar-refractivity contribution in [3.63, 3.8) is 0 Å². The van der Waals surface area contributed by atoms with E-state index in [0.717, 1.165) is 12.8 Å². The van der Waals surface area contributed by atoms with Gasteiger partial charge in [-0.1, -0.05) is 30.3 Å². The minimum atomic E-state index is -4.40. The molecule has 0 fully saturated rings. The number of anilines is 1. The summed E-state index contributed by atoms with van der Waals surface area (Å²) in [4.78, 5) is -0.249. The average Bonchev–Trinajstić information content (AvgIpc) is 2.47. The Kier molecular flexibility index (Phi) is 5.08. The van der Waals surface area contributed by atoms with Gasteiger partial charge in [-0.15, -0.1) is 0 Å². The summed E-state index contributed by atoms with van der Waals surface area (Å²) in [5.41, 5.74) is 4.65. The summed E-state index contributed by atoms with van der Waals surface area (Å²) >= 11 is 0. The highest BCUT2D eigenvalue weighted by atomic mass is 32.2. The molecule has 21 heavy (non-hydrogen) atoms. The molecule has 0 aliphatic heterocycles. The van der Waals surface area contributed by atoms with Crippen LogP contribution in [0.2, 0.25) is 0 Å². The van der Waals surface area contributed by atoms with Crippen molar-refractivity contribution in [2.75, 3.05) is 5.43 Å². The molecule has 110 valence electrons. The van der Waals surface area contributed by atoms with Crippen LogP contribution in [0.5, 0.6) is 0 Å². The van der Waals surface area contributed by atoms with E-state index in [0.29, 0.717) is 5.69 Å². The third-order valence-electron chi connectivity index (χ3n) is 2.83. The van der Waals surface area contributed by atoms with Gasteiger partial charge >= 0.3 is 0 Å². The highest BCUT2D eigenvalue weighted by Crippen LogP contribution is 2.13. The molecule has 5 nitrogen and oxygen atoms in total. The number of nitrogens with zero attached hydrogens (tertiary/aromatic N) is 1. The van der Waals surface area contributed by atoms with Gasteiger partial charge < -0.3 is 4.55 Å². The van der Waals surface area contributed by atoms with E-state index in [9.17, 15) is 13.0 Å². The molecule has 0 aromatic heterocycles. The minimum Gasteiger partial charge on any atom is -0.744 e. The molecule has 2 aromatic carbocycles. The van der Waals surface area contributed by atoms with E-state index in [2.05, 4.69) is 22.7 Å². The Hall–Kier alpha value is -2.18. The van der Waals surface area contributed by atoms with Crippen LogP contribution in [0.4, 0.5) is 5.69 Å². The van der Waals surface area contributed by atoms with Crippen LogP contribution < -0.4 is 5.43 Å². The van der Waals surface area contributed by atoms with Crippen molar-refractivity contribution in [2.45, 2.75) is 17.7 Å². The molecule has 2 aromatic rings. The van der Waals surface area contributed by atoms with Gasteiger partial charge in [-0.05, 0) is 42.7 Å². The van der Waals surface area contributed by atoms with E-state index in [1.54, 1.807) is 6.21 Å². The molecule has 6 heteroatoms. The normalized spacial score (nSPS) is 11.7. The van der Waals surface area contributed by atoms with Crippen molar-refractivity contribution >= 4 is 22.0 Å². The lowest BCUT2D eigenvalue weighted by atomic mass is 10.1. The number of hydrazone groups is 1. The first-order chi connectivity index (χ1) is 10.1. The van der Waals surface area contributed by atoms with Crippen LogP contribution in [-0.2, 0) is 16.5 Å². The molecule has 0 heterocycles. The first-order valence-corrected chi connectivity index (χ1v) is 7.84. The smallest absolute Gasteiger partial charge is 0.124 e. The summed E-state index contributed by atoms with van der Waals surface area (Å²) < 4.78 is 32.3. The summed E-state index contributed by atoms with van der Waals surface area (Å²) in [5, 5.41) is 4.05. The highest BCUT2D eigenvalue weighted by Gasteiger charge is 1.99. The van der Waals surface area contributed by atoms with Crippen molar-refractivity contribution in [1.82, 2.24) is 0 Å². The maximum atomic E-state index is 10.8. The molecule has 0 aliphatic rings. The number of aryl methyl sites for hydroxylation is 1. The zero-order chi connectivity index (χ0) is 15.1. The van der Waals surface area contributed by atoms with E-state index in [4.69, 9.17) is 0 Å². The summed E-state index contributed by atoms with van der Waals surface area (Å²) in [6.45, 7) is 0. The van der Waals surface area contributed by atoms with E-state index in [-0.39, 0.29) is 4.90 Å². The van der Waals surface area contributed by atoms with Gasteiger partial charge in [-0.2, -0.15) is 5.10 Å². The maximum Gasteiger partial charge on any atom is 0.124 e. The van der Waals surface area contributed by atoms with Crippen molar-refractivity contribution < 1.29 is 13.0 Å². The van der Waals surface area contributed by atoms with E-state index < -0.39 is 10.1 Å². The first-order valence-electron chi connectivity index (χ1n) is 6.43. The molecule has 0 saturated carbocycles. The molecule has 0 saturated heterocycles. The highest BCUT2D eigenvalue weighted by molar-refractivity contribution is 7.85. The fraction of sp³-hybridized carbons (Fsp3) is 0.133. The molecular formula is C15H15N2O3S-. The number of nitrogens with one attached hydrogen (secondary N) is 1. The van der Waals surface area contributed by atoms with Gasteiger partial charge in [0.2, 0.25) is 0 Å². The summed E-state index contributed by atoms with van der Waals surface area (Å²) in [7, 11) is -4.40. The van der Waals surface area contributed by atoms with Gasteiger partial charge in [0, 0.05) is 6.21 Å². The van der Waals surface area contributed by atoms with E-state index in [1.165, 1.54) is 29.8 Å². The standard InChI is InChI=1S/C15H16N2O3S/c18-21(19,20)15-10-8-14(9-11-15)17-16-12-4-7-13-5-2-1-3-6-13/h1-3,5-6,8-12,17H,4,7H2,(H,18,19,20)/p-1/b16-12-. The van der Waals surface area contributed by atoms with Crippen LogP contribution >= 0.6 is 0 Å². The van der Waals surface area contributed by atoms with Crippen LogP contribution in [0, 0.1) is 0 Å². The maximum absolute atomic E-state index is 10.8. The molecule has 0 aliphatic carbocycles. The second kappa shape index (κ2) is 7.01. The number of rotatable bonds is 6. The molecule has 0 bridgehead atoms. The third kappa shape index (κ3) is 5.02. The quantitative estimate of drug-likeness (QED) is 0.505. The Morgan fingerprint density at radius 2 is 1.71 bits per heavy atom. The van der Waals surface area contributed by atoms with Crippen LogP contribution in [0.1, 0.15) is 12.0 Å². The molecular weight excluding hydrogens is 288 g/mol. The van der Waals surface area contributed by atoms with Crippen LogP contribution in [0.25, 0.3) is 0 Å². The molecule has 1 N–H and O–H groups in total. The second-order valence-corrected chi connectivity index (χ2v) is 5.81. The van der Waals surface area contributed by atoms with Crippen molar-refractivity contribution in [2.24, 2.45) is 5.10 Å². The van der Waals surface area contributed by atoms with Crippen molar-refractivity contribution in [3.05, 3.63) is 60.2 Å². The molecule has 0 unspecified atom stereocenters. The fourth-order valence-corrected chi connectivity index (χ4v) is 2.23. The second-order valence-electron chi connectivity index (χ2n) is 4.43. The van der Waals surface area contributed by atoms with Crippen LogP contribution in [0.15, 0.2) is 64.6 Å². The predicted octanol–water partition coefficient (Wildman–Crippen LogP) is 2.62. The minimum absolute atomic E-state index is 0.249. The molecule has 0 atom stereocenters. The fourth-order valence-electron chi connectivity index (χ4n) is 1.76. The predicted molar refractivity (Wildman–Crippen MR) is 81.3 cm³/mol. The van der Waals surface area contributed by atoms with Gasteiger partial charge in [0.25, 0.3) is 0 Å². The van der Waals surface area contributed by atoms with Gasteiger partial charge in [0.15, 0.2) is 0 Å². The van der Waals surface area contributed by atoms with E-state index in [1.807, 2.05) is 18.2 Å². The first kappa shape index (κ1) is 15.2. The number of benzene rings is 2. The lowest BCUT2D eigenvalue weighted by Gasteiger charge is -2.07. The Morgan fingerprint density at radius 1 is 1.05 bits per heavy atom. The molecule has 0 spiro atoms. The Bertz CT molecular complexity index is 695. The number of hydrogen-bond donors (Lipinski definition) is 1. The summed E-state index contributed by atoms with van der Waals surface area (Å²) in [6, 6.07) is 15.6. The monoisotopic (exact) mass is 303 g/mol. The Labute approximate surface area is 124 Å². The van der Waals surface area contributed by atoms with E-state index >= 15 is 0 Å². The van der Waals surface area contributed by atoms with Crippen LogP contribution in [0.3, 0.4) is 0 Å². The third-order valence-corrected chi connectivity index (χ3v) is 3.68. The van der Waals surface area contributed by atoms with Gasteiger partial charge in [0.05, 0.1) is 10.6 Å². The SMILES string of the molecule is O=S(=O)([O-])c1ccc(N/N=C\CCc2ccccc2)cc1. The lowest BCUT2D eigenvalue weighted by Crippen LogP contribution is -1.98. The van der Waals surface area contributed by atoms with Gasteiger partial charge in [-0.3, -0.25) is 5.43 Å². The summed E-state index contributed by atoms with van der Waals surface area (Å²) in [6.07, 6.45) is 3.45. The Balaban J connectivity index is 1.81. The average molecular weight is 303 g/mol. The van der Waals surface area contributed by atoms with Gasteiger partial charge in [-0.25, -0.2) is 8.42 Å². The van der Waals surface area contributed by atoms with Gasteiger partial charge in [0.1, 0.15) is 10.1 Å². The lowest BCUT2D eigenvalue weighted by molar-refractivity contribution is 0.463. The van der Waals surface area contributed by atoms with Crippen molar-refractivity contribution in [1.29, 1.82) is 0 Å². The molecule has 0 radical (unpaired) electrons. The molecule has 2 rings (SSSR count).